The molecule has 9 heteroatoms. The van der Waals surface area contributed by atoms with E-state index in [1.54, 1.807) is 24.3 Å². The molecule has 1 amide bonds. The lowest BCUT2D eigenvalue weighted by Crippen LogP contribution is -2.30. The number of rotatable bonds is 10. The third-order valence-corrected chi connectivity index (χ3v) is 4.30. The van der Waals surface area contributed by atoms with Gasteiger partial charge in [0.15, 0.2) is 6.10 Å². The maximum Gasteiger partial charge on any atom is 0.341 e. The Balaban J connectivity index is 2.09. The van der Waals surface area contributed by atoms with Crippen LogP contribution < -0.4 is 15.4 Å². The SMILES string of the molecule is CCCCNc1ccccc1C(=O)O[C@@H](C)C(=O)Nc1cc([N+](=O)[O-])ccc1OC. The van der Waals surface area contributed by atoms with Crippen LogP contribution in [0.4, 0.5) is 17.1 Å². The summed E-state index contributed by atoms with van der Waals surface area (Å²) in [6.45, 7) is 4.20. The summed E-state index contributed by atoms with van der Waals surface area (Å²) in [6, 6.07) is 10.7. The molecule has 0 unspecified atom stereocenters. The molecule has 0 heterocycles. The highest BCUT2D eigenvalue weighted by Crippen LogP contribution is 2.29. The second-order valence-corrected chi connectivity index (χ2v) is 6.50. The van der Waals surface area contributed by atoms with Crippen LogP contribution >= 0.6 is 0 Å². The lowest BCUT2D eigenvalue weighted by molar-refractivity contribution is -0.384. The Labute approximate surface area is 174 Å². The molecule has 30 heavy (non-hydrogen) atoms. The fraction of sp³-hybridized carbons (Fsp3) is 0.333. The number of nitro groups is 1. The Morgan fingerprint density at radius 2 is 1.90 bits per heavy atom. The number of hydrogen-bond acceptors (Lipinski definition) is 7. The molecule has 0 spiro atoms. The highest BCUT2D eigenvalue weighted by molar-refractivity contribution is 6.00. The van der Waals surface area contributed by atoms with Crippen molar-refractivity contribution in [3.8, 4) is 5.75 Å². The zero-order valence-electron chi connectivity index (χ0n) is 17.1. The normalized spacial score (nSPS) is 11.3. The largest absolute Gasteiger partial charge is 0.495 e. The molecule has 0 saturated carbocycles. The molecule has 2 aromatic rings. The first kappa shape index (κ1) is 22.7. The number of non-ortho nitro benzene ring substituents is 1. The number of nitro benzene ring substituents is 1. The minimum Gasteiger partial charge on any atom is -0.495 e. The summed E-state index contributed by atoms with van der Waals surface area (Å²) < 4.78 is 10.4. The molecule has 2 aromatic carbocycles. The third-order valence-electron chi connectivity index (χ3n) is 4.30. The van der Waals surface area contributed by atoms with Gasteiger partial charge >= 0.3 is 5.97 Å². The molecular formula is C21H25N3O6. The first-order valence-electron chi connectivity index (χ1n) is 9.54. The van der Waals surface area contributed by atoms with Crippen molar-refractivity contribution in [1.82, 2.24) is 0 Å². The molecule has 0 aromatic heterocycles. The summed E-state index contributed by atoms with van der Waals surface area (Å²) >= 11 is 0. The summed E-state index contributed by atoms with van der Waals surface area (Å²) in [5.74, 6) is -1.04. The van der Waals surface area contributed by atoms with Crippen molar-refractivity contribution in [1.29, 1.82) is 0 Å². The summed E-state index contributed by atoms with van der Waals surface area (Å²) in [7, 11) is 1.38. The fourth-order valence-corrected chi connectivity index (χ4v) is 2.63. The highest BCUT2D eigenvalue weighted by Gasteiger charge is 2.22. The van der Waals surface area contributed by atoms with E-state index in [4.69, 9.17) is 9.47 Å². The maximum atomic E-state index is 12.6. The first-order valence-corrected chi connectivity index (χ1v) is 9.54. The molecular weight excluding hydrogens is 390 g/mol. The van der Waals surface area contributed by atoms with Crippen LogP contribution in [0.3, 0.4) is 0 Å². The van der Waals surface area contributed by atoms with E-state index in [-0.39, 0.29) is 17.1 Å². The minimum absolute atomic E-state index is 0.112. The predicted molar refractivity (Wildman–Crippen MR) is 113 cm³/mol. The lowest BCUT2D eigenvalue weighted by Gasteiger charge is -2.16. The number of anilines is 2. The quantitative estimate of drug-likeness (QED) is 0.260. The number of esters is 1. The van der Waals surface area contributed by atoms with Gasteiger partial charge < -0.3 is 20.1 Å². The number of benzene rings is 2. The molecule has 2 rings (SSSR count). The zero-order chi connectivity index (χ0) is 22.1. The summed E-state index contributed by atoms with van der Waals surface area (Å²) in [5, 5.41) is 16.7. The molecule has 160 valence electrons. The van der Waals surface area contributed by atoms with Gasteiger partial charge in [0, 0.05) is 24.4 Å². The molecule has 0 saturated heterocycles. The zero-order valence-corrected chi connectivity index (χ0v) is 17.1. The molecule has 0 aliphatic carbocycles. The van der Waals surface area contributed by atoms with Gasteiger partial charge in [-0.05, 0) is 31.5 Å². The predicted octanol–water partition coefficient (Wildman–Crippen LogP) is 4.00. The summed E-state index contributed by atoms with van der Waals surface area (Å²) in [5.41, 5.74) is 0.856. The van der Waals surface area contributed by atoms with Crippen LogP contribution in [-0.2, 0) is 9.53 Å². The topological polar surface area (TPSA) is 120 Å². The van der Waals surface area contributed by atoms with E-state index < -0.39 is 22.9 Å². The number of ether oxygens (including phenoxy) is 2. The Morgan fingerprint density at radius 1 is 1.17 bits per heavy atom. The van der Waals surface area contributed by atoms with Crippen molar-refractivity contribution in [2.24, 2.45) is 0 Å². The van der Waals surface area contributed by atoms with Crippen LogP contribution in [0.15, 0.2) is 42.5 Å². The second-order valence-electron chi connectivity index (χ2n) is 6.50. The first-order chi connectivity index (χ1) is 14.4. The van der Waals surface area contributed by atoms with Gasteiger partial charge in [0.1, 0.15) is 5.75 Å². The Bertz CT molecular complexity index is 915. The number of unbranched alkanes of at least 4 members (excludes halogenated alkanes) is 1. The van der Waals surface area contributed by atoms with Gasteiger partial charge in [0.25, 0.3) is 11.6 Å². The molecule has 0 bridgehead atoms. The molecule has 1 atom stereocenters. The van der Waals surface area contributed by atoms with Gasteiger partial charge in [-0.3, -0.25) is 14.9 Å². The van der Waals surface area contributed by atoms with Crippen molar-refractivity contribution in [2.75, 3.05) is 24.3 Å². The third kappa shape index (κ3) is 5.94. The van der Waals surface area contributed by atoms with E-state index >= 15 is 0 Å². The van der Waals surface area contributed by atoms with E-state index in [0.29, 0.717) is 17.8 Å². The van der Waals surface area contributed by atoms with E-state index in [2.05, 4.69) is 17.6 Å². The molecule has 0 fully saturated rings. The minimum atomic E-state index is -1.13. The van der Waals surface area contributed by atoms with E-state index in [9.17, 15) is 19.7 Å². The van der Waals surface area contributed by atoms with Crippen LogP contribution in [0.25, 0.3) is 0 Å². The van der Waals surface area contributed by atoms with Gasteiger partial charge in [0.2, 0.25) is 0 Å². The fourth-order valence-electron chi connectivity index (χ4n) is 2.63. The Hall–Kier alpha value is -3.62. The van der Waals surface area contributed by atoms with Gasteiger partial charge in [-0.15, -0.1) is 0 Å². The average molecular weight is 415 g/mol. The number of hydrogen-bond donors (Lipinski definition) is 2. The van der Waals surface area contributed by atoms with Crippen molar-refractivity contribution in [3.05, 3.63) is 58.1 Å². The number of carbonyl (C=O) groups excluding carboxylic acids is 2. The molecule has 2 N–H and O–H groups in total. The number of nitrogens with zero attached hydrogens (tertiary/aromatic N) is 1. The number of amides is 1. The Kier molecular flexibility index (Phi) is 8.16. The lowest BCUT2D eigenvalue weighted by atomic mass is 10.1. The number of carbonyl (C=O) groups is 2. The van der Waals surface area contributed by atoms with Gasteiger partial charge in [-0.25, -0.2) is 4.79 Å². The van der Waals surface area contributed by atoms with Gasteiger partial charge in [0.05, 0.1) is 23.3 Å². The van der Waals surface area contributed by atoms with Crippen LogP contribution in [0, 0.1) is 10.1 Å². The van der Waals surface area contributed by atoms with Crippen molar-refractivity contribution in [2.45, 2.75) is 32.8 Å². The van der Waals surface area contributed by atoms with Crippen molar-refractivity contribution < 1.29 is 24.0 Å². The number of nitrogens with one attached hydrogen (secondary N) is 2. The van der Waals surface area contributed by atoms with Gasteiger partial charge in [-0.1, -0.05) is 25.5 Å². The van der Waals surface area contributed by atoms with E-state index in [0.717, 1.165) is 12.8 Å². The Morgan fingerprint density at radius 3 is 2.57 bits per heavy atom. The van der Waals surface area contributed by atoms with Crippen molar-refractivity contribution >= 4 is 28.9 Å². The van der Waals surface area contributed by atoms with Crippen molar-refractivity contribution in [3.63, 3.8) is 0 Å². The second kappa shape index (κ2) is 10.8. The molecule has 0 aliphatic rings. The number of methoxy groups -OCH3 is 1. The average Bonchev–Trinajstić information content (AvgIpc) is 2.74. The van der Waals surface area contributed by atoms with Crippen LogP contribution in [0.1, 0.15) is 37.0 Å². The molecule has 9 nitrogen and oxygen atoms in total. The van der Waals surface area contributed by atoms with Gasteiger partial charge in [-0.2, -0.15) is 0 Å². The van der Waals surface area contributed by atoms with E-state index in [1.807, 2.05) is 0 Å². The standard InChI is InChI=1S/C21H25N3O6/c1-4-5-12-22-17-9-7-6-8-16(17)21(26)30-14(2)20(25)23-18-13-15(24(27)28)10-11-19(18)29-3/h6-11,13-14,22H,4-5,12H2,1-3H3,(H,23,25)/t14-/m0/s1. The highest BCUT2D eigenvalue weighted by atomic mass is 16.6. The number of para-hydroxylation sites is 1. The van der Waals surface area contributed by atoms with Crippen LogP contribution in [-0.4, -0.2) is 36.6 Å². The van der Waals surface area contributed by atoms with Crippen LogP contribution in [0.5, 0.6) is 5.75 Å². The molecule has 0 radical (unpaired) electrons. The molecule has 0 aliphatic heterocycles. The summed E-state index contributed by atoms with van der Waals surface area (Å²) in [4.78, 5) is 35.5. The van der Waals surface area contributed by atoms with E-state index in [1.165, 1.54) is 32.2 Å². The monoisotopic (exact) mass is 415 g/mol. The summed E-state index contributed by atoms with van der Waals surface area (Å²) in [6.07, 6.45) is 0.829. The van der Waals surface area contributed by atoms with Crippen LogP contribution in [0.2, 0.25) is 0 Å². The maximum absolute atomic E-state index is 12.6. The smallest absolute Gasteiger partial charge is 0.341 e.